The topological polar surface area (TPSA) is 97.0 Å². The van der Waals surface area contributed by atoms with Crippen molar-refractivity contribution in [1.29, 1.82) is 0 Å². The molecule has 5 heterocycles. The first-order valence-corrected chi connectivity index (χ1v) is 10.5. The van der Waals surface area contributed by atoms with E-state index in [0.29, 0.717) is 42.5 Å². The monoisotopic (exact) mass is 415 g/mol. The number of nitrogens with zero attached hydrogens (tertiary/aromatic N) is 4. The van der Waals surface area contributed by atoms with Crippen LogP contribution in [0.1, 0.15) is 23.9 Å². The minimum Gasteiger partial charge on any atom is -0.440 e. The van der Waals surface area contributed by atoms with Gasteiger partial charge in [0.25, 0.3) is 5.56 Å². The van der Waals surface area contributed by atoms with Gasteiger partial charge < -0.3 is 18.9 Å². The molecule has 4 aromatic rings. The Morgan fingerprint density at radius 2 is 2.06 bits per heavy atom. The van der Waals surface area contributed by atoms with Crippen LogP contribution in [0.2, 0.25) is 0 Å². The number of pyridine rings is 1. The molecule has 2 aliphatic heterocycles. The van der Waals surface area contributed by atoms with Gasteiger partial charge in [-0.2, -0.15) is 0 Å². The highest BCUT2D eigenvalue weighted by Gasteiger charge is 2.37. The lowest BCUT2D eigenvalue weighted by atomic mass is 9.83. The molecule has 0 saturated carbocycles. The molecule has 8 nitrogen and oxygen atoms in total. The number of imidazole rings is 1. The number of oxazole rings is 1. The molecule has 2 aliphatic rings. The van der Waals surface area contributed by atoms with E-state index >= 15 is 0 Å². The lowest BCUT2D eigenvalue weighted by Gasteiger charge is -2.42. The summed E-state index contributed by atoms with van der Waals surface area (Å²) in [5, 5.41) is 0. The molecular formula is C23H21N5O3. The average molecular weight is 415 g/mol. The van der Waals surface area contributed by atoms with Crippen molar-refractivity contribution in [3.63, 3.8) is 0 Å². The van der Waals surface area contributed by atoms with Crippen molar-refractivity contribution in [1.82, 2.24) is 24.4 Å². The van der Waals surface area contributed by atoms with E-state index in [1.54, 1.807) is 12.4 Å². The van der Waals surface area contributed by atoms with Crippen molar-refractivity contribution in [3.8, 4) is 11.4 Å². The van der Waals surface area contributed by atoms with Gasteiger partial charge in [-0.05, 0) is 36.6 Å². The van der Waals surface area contributed by atoms with Crippen molar-refractivity contribution in [2.45, 2.75) is 25.3 Å². The minimum absolute atomic E-state index is 0.0178. The van der Waals surface area contributed by atoms with Crippen molar-refractivity contribution in [3.05, 3.63) is 70.7 Å². The summed E-state index contributed by atoms with van der Waals surface area (Å²) in [4.78, 5) is 39.7. The number of aromatic amines is 1. The molecule has 2 bridgehead atoms. The number of H-pyrrole nitrogens is 1. The smallest absolute Gasteiger partial charge is 0.261 e. The molecule has 8 heteroatoms. The maximum absolute atomic E-state index is 13.1. The van der Waals surface area contributed by atoms with Crippen LogP contribution in [0.15, 0.2) is 58.0 Å². The summed E-state index contributed by atoms with van der Waals surface area (Å²) in [6.45, 7) is 1.87. The van der Waals surface area contributed by atoms with Gasteiger partial charge in [-0.1, -0.05) is 12.1 Å². The van der Waals surface area contributed by atoms with E-state index in [2.05, 4.69) is 15.0 Å². The van der Waals surface area contributed by atoms with Crippen LogP contribution in [0.5, 0.6) is 0 Å². The molecule has 2 atom stereocenters. The van der Waals surface area contributed by atoms with Crippen LogP contribution in [-0.2, 0) is 17.8 Å². The van der Waals surface area contributed by atoms with Crippen molar-refractivity contribution < 1.29 is 9.21 Å². The lowest BCUT2D eigenvalue weighted by Crippen LogP contribution is -2.49. The first kappa shape index (κ1) is 18.1. The Morgan fingerprint density at radius 3 is 2.90 bits per heavy atom. The van der Waals surface area contributed by atoms with Gasteiger partial charge in [0.1, 0.15) is 17.8 Å². The van der Waals surface area contributed by atoms with Crippen LogP contribution >= 0.6 is 0 Å². The van der Waals surface area contributed by atoms with Gasteiger partial charge in [-0.25, -0.2) is 9.97 Å². The maximum atomic E-state index is 13.1. The number of nitrogens with one attached hydrogen (secondary N) is 1. The van der Waals surface area contributed by atoms with Crippen molar-refractivity contribution in [2.24, 2.45) is 5.92 Å². The molecule has 0 aliphatic carbocycles. The molecule has 1 amide bonds. The predicted molar refractivity (Wildman–Crippen MR) is 113 cm³/mol. The number of fused-ring (bicyclic) bond motifs is 5. The van der Waals surface area contributed by atoms with E-state index in [1.165, 1.54) is 0 Å². The predicted octanol–water partition coefficient (Wildman–Crippen LogP) is 2.57. The van der Waals surface area contributed by atoms with Gasteiger partial charge in [-0.15, -0.1) is 0 Å². The molecule has 0 unspecified atom stereocenters. The van der Waals surface area contributed by atoms with E-state index in [-0.39, 0.29) is 29.7 Å². The fourth-order valence-corrected chi connectivity index (χ4v) is 4.98. The maximum Gasteiger partial charge on any atom is 0.261 e. The molecular weight excluding hydrogens is 394 g/mol. The lowest BCUT2D eigenvalue weighted by molar-refractivity contribution is -0.133. The molecule has 6 rings (SSSR count). The van der Waals surface area contributed by atoms with Crippen LogP contribution in [-0.4, -0.2) is 43.4 Å². The molecule has 1 saturated heterocycles. The zero-order chi connectivity index (χ0) is 20.9. The SMILES string of the molecule is O=C(Cc1nc2ccccc2o1)N1C[C@@H]2C[C@H](C1)c1ccc(-c3ncc[nH]3)c(=O)n1C2. The third kappa shape index (κ3) is 3.06. The van der Waals surface area contributed by atoms with Crippen LogP contribution < -0.4 is 5.56 Å². The molecule has 1 N–H and O–H groups in total. The summed E-state index contributed by atoms with van der Waals surface area (Å²) >= 11 is 0. The van der Waals surface area contributed by atoms with E-state index in [1.807, 2.05) is 45.9 Å². The van der Waals surface area contributed by atoms with Gasteiger partial charge in [0.15, 0.2) is 5.58 Å². The Labute approximate surface area is 177 Å². The van der Waals surface area contributed by atoms with Crippen LogP contribution in [0.4, 0.5) is 0 Å². The average Bonchev–Trinajstić information content (AvgIpc) is 3.44. The Morgan fingerprint density at radius 1 is 1.16 bits per heavy atom. The van der Waals surface area contributed by atoms with E-state index in [0.717, 1.165) is 17.6 Å². The Balaban J connectivity index is 1.24. The molecule has 156 valence electrons. The van der Waals surface area contributed by atoms with Gasteiger partial charge in [0.2, 0.25) is 11.8 Å². The standard InChI is InChI=1S/C23H21N5O3/c29-21(10-20-26-17-3-1-2-4-19(17)31-20)27-11-14-9-15(13-27)18-6-5-16(22-24-7-8-25-22)23(30)28(18)12-14/h1-8,14-15H,9-13H2,(H,24,25)/t14-,15+/m0/s1. The summed E-state index contributed by atoms with van der Waals surface area (Å²) in [6, 6.07) is 11.4. The number of likely N-dealkylation sites (tertiary alicyclic amines) is 1. The second-order valence-corrected chi connectivity index (χ2v) is 8.37. The Bertz CT molecular complexity index is 1300. The third-order valence-corrected chi connectivity index (χ3v) is 6.35. The fourth-order valence-electron chi connectivity index (χ4n) is 4.98. The summed E-state index contributed by atoms with van der Waals surface area (Å²) < 4.78 is 7.61. The Hall–Kier alpha value is -3.68. The van der Waals surface area contributed by atoms with Crippen molar-refractivity contribution >= 4 is 17.0 Å². The normalized spacial score (nSPS) is 20.1. The number of amides is 1. The molecule has 3 aromatic heterocycles. The van der Waals surface area contributed by atoms with Crippen molar-refractivity contribution in [2.75, 3.05) is 13.1 Å². The van der Waals surface area contributed by atoms with E-state index in [4.69, 9.17) is 4.42 Å². The number of rotatable bonds is 3. The second kappa shape index (κ2) is 6.94. The minimum atomic E-state index is -0.0200. The quantitative estimate of drug-likeness (QED) is 0.555. The first-order chi connectivity index (χ1) is 15.2. The number of benzene rings is 1. The number of aromatic nitrogens is 4. The van der Waals surface area contributed by atoms with Crippen LogP contribution in [0.3, 0.4) is 0 Å². The molecule has 0 radical (unpaired) electrons. The van der Waals surface area contributed by atoms with E-state index < -0.39 is 0 Å². The van der Waals surface area contributed by atoms with Gasteiger partial charge in [0.05, 0.1) is 5.56 Å². The largest absolute Gasteiger partial charge is 0.440 e. The first-order valence-electron chi connectivity index (χ1n) is 10.5. The molecule has 31 heavy (non-hydrogen) atoms. The Kier molecular flexibility index (Phi) is 4.05. The zero-order valence-corrected chi connectivity index (χ0v) is 16.8. The summed E-state index contributed by atoms with van der Waals surface area (Å²) in [7, 11) is 0. The number of hydrogen-bond acceptors (Lipinski definition) is 5. The summed E-state index contributed by atoms with van der Waals surface area (Å²) in [5.74, 6) is 1.46. The summed E-state index contributed by atoms with van der Waals surface area (Å²) in [6.07, 6.45) is 4.51. The highest BCUT2D eigenvalue weighted by Crippen LogP contribution is 2.36. The fraction of sp³-hybridized carbons (Fsp3) is 0.304. The zero-order valence-electron chi connectivity index (χ0n) is 16.8. The number of hydrogen-bond donors (Lipinski definition) is 1. The van der Waals surface area contributed by atoms with Crippen LogP contribution in [0.25, 0.3) is 22.5 Å². The molecule has 0 spiro atoms. The third-order valence-electron chi connectivity index (χ3n) is 6.35. The number of para-hydroxylation sites is 2. The number of carbonyl (C=O) groups is 1. The van der Waals surface area contributed by atoms with Gasteiger partial charge in [0, 0.05) is 43.6 Å². The second-order valence-electron chi connectivity index (χ2n) is 8.37. The molecule has 1 aromatic carbocycles. The van der Waals surface area contributed by atoms with E-state index in [9.17, 15) is 9.59 Å². The molecule has 1 fully saturated rings. The van der Waals surface area contributed by atoms with Gasteiger partial charge in [-0.3, -0.25) is 9.59 Å². The number of piperidine rings is 1. The van der Waals surface area contributed by atoms with Crippen LogP contribution in [0, 0.1) is 5.92 Å². The van der Waals surface area contributed by atoms with Gasteiger partial charge >= 0.3 is 0 Å². The number of carbonyl (C=O) groups excluding carboxylic acids is 1. The summed E-state index contributed by atoms with van der Waals surface area (Å²) in [5.41, 5.74) is 3.02. The highest BCUT2D eigenvalue weighted by atomic mass is 16.3. The highest BCUT2D eigenvalue weighted by molar-refractivity contribution is 5.79.